The third-order valence-electron chi connectivity index (χ3n) is 4.88. The summed E-state index contributed by atoms with van der Waals surface area (Å²) in [7, 11) is -3.85. The molecule has 1 aliphatic heterocycles. The Balaban J connectivity index is 1.84. The van der Waals surface area contributed by atoms with Crippen molar-refractivity contribution in [2.24, 2.45) is 0 Å². The van der Waals surface area contributed by atoms with Gasteiger partial charge in [0.2, 0.25) is 11.8 Å². The molecule has 0 bridgehead atoms. The van der Waals surface area contributed by atoms with Gasteiger partial charge in [0.1, 0.15) is 5.82 Å². The zero-order chi connectivity index (χ0) is 19.7. The molecule has 142 valence electrons. The first-order valence-corrected chi connectivity index (χ1v) is 9.98. The standard InChI is InChI=1S/C19H19FN2O4S/c1-2-19(12-11-17(23)21-18(19)24)13-3-7-15(8-4-13)22-27(25,26)16-9-5-14(20)6-10-16/h3-10,22H,2,11-12H2,1H3,(H,21,23,24). The number of nitrogens with one attached hydrogen (secondary N) is 2. The molecule has 0 radical (unpaired) electrons. The number of piperidine rings is 1. The Kier molecular flexibility index (Phi) is 5.01. The Morgan fingerprint density at radius 2 is 1.70 bits per heavy atom. The molecule has 0 spiro atoms. The first-order valence-electron chi connectivity index (χ1n) is 8.50. The summed E-state index contributed by atoms with van der Waals surface area (Å²) in [6.07, 6.45) is 1.19. The van der Waals surface area contributed by atoms with Gasteiger partial charge in [0.05, 0.1) is 10.3 Å². The number of amides is 2. The van der Waals surface area contributed by atoms with Gasteiger partial charge in [0.15, 0.2) is 0 Å². The van der Waals surface area contributed by atoms with Crippen molar-refractivity contribution >= 4 is 27.5 Å². The van der Waals surface area contributed by atoms with E-state index in [0.717, 1.165) is 17.7 Å². The highest BCUT2D eigenvalue weighted by Gasteiger charge is 2.42. The quantitative estimate of drug-likeness (QED) is 0.768. The van der Waals surface area contributed by atoms with Crippen LogP contribution in [0.4, 0.5) is 10.1 Å². The second-order valence-corrected chi connectivity index (χ2v) is 8.13. The van der Waals surface area contributed by atoms with Gasteiger partial charge in [-0.15, -0.1) is 0 Å². The van der Waals surface area contributed by atoms with Gasteiger partial charge in [0, 0.05) is 12.1 Å². The molecular weight excluding hydrogens is 371 g/mol. The number of halogens is 1. The molecule has 1 aliphatic rings. The van der Waals surface area contributed by atoms with Crippen LogP contribution in [0.25, 0.3) is 0 Å². The van der Waals surface area contributed by atoms with Crippen molar-refractivity contribution < 1.29 is 22.4 Å². The van der Waals surface area contributed by atoms with Crippen LogP contribution in [0, 0.1) is 5.82 Å². The number of sulfonamides is 1. The Bertz CT molecular complexity index is 972. The number of rotatable bonds is 5. The molecule has 0 saturated carbocycles. The Hall–Kier alpha value is -2.74. The average molecular weight is 390 g/mol. The van der Waals surface area contributed by atoms with E-state index in [1.54, 1.807) is 24.3 Å². The molecule has 1 unspecified atom stereocenters. The van der Waals surface area contributed by atoms with Crippen molar-refractivity contribution in [1.29, 1.82) is 0 Å². The maximum atomic E-state index is 13.0. The minimum Gasteiger partial charge on any atom is -0.296 e. The number of carbonyl (C=O) groups excluding carboxylic acids is 2. The van der Waals surface area contributed by atoms with Gasteiger partial charge in [-0.2, -0.15) is 0 Å². The van der Waals surface area contributed by atoms with Crippen LogP contribution in [0.15, 0.2) is 53.4 Å². The number of benzene rings is 2. The summed E-state index contributed by atoms with van der Waals surface area (Å²) in [4.78, 5) is 23.8. The fraction of sp³-hybridized carbons (Fsp3) is 0.263. The summed E-state index contributed by atoms with van der Waals surface area (Å²) >= 11 is 0. The third kappa shape index (κ3) is 3.71. The van der Waals surface area contributed by atoms with Gasteiger partial charge in [-0.1, -0.05) is 19.1 Å². The lowest BCUT2D eigenvalue weighted by Crippen LogP contribution is -2.51. The van der Waals surface area contributed by atoms with Crippen molar-refractivity contribution in [3.63, 3.8) is 0 Å². The van der Waals surface area contributed by atoms with E-state index in [-0.39, 0.29) is 23.1 Å². The number of hydrogen-bond donors (Lipinski definition) is 2. The summed E-state index contributed by atoms with van der Waals surface area (Å²) < 4.78 is 40.2. The number of hydrogen-bond acceptors (Lipinski definition) is 4. The van der Waals surface area contributed by atoms with Gasteiger partial charge in [-0.3, -0.25) is 19.6 Å². The lowest BCUT2D eigenvalue weighted by atomic mass is 9.72. The van der Waals surface area contributed by atoms with Crippen molar-refractivity contribution in [1.82, 2.24) is 5.32 Å². The van der Waals surface area contributed by atoms with Gasteiger partial charge in [-0.25, -0.2) is 12.8 Å². The molecule has 27 heavy (non-hydrogen) atoms. The van der Waals surface area contributed by atoms with Crippen molar-refractivity contribution in [2.45, 2.75) is 36.5 Å². The van der Waals surface area contributed by atoms with E-state index < -0.39 is 21.3 Å². The molecule has 6 nitrogen and oxygen atoms in total. The molecule has 2 aromatic carbocycles. The Morgan fingerprint density at radius 3 is 2.26 bits per heavy atom. The molecule has 3 rings (SSSR count). The monoisotopic (exact) mass is 390 g/mol. The minimum atomic E-state index is -3.85. The number of carbonyl (C=O) groups is 2. The summed E-state index contributed by atoms with van der Waals surface area (Å²) in [5.74, 6) is -1.14. The third-order valence-corrected chi connectivity index (χ3v) is 6.28. The number of anilines is 1. The van der Waals surface area contributed by atoms with Crippen LogP contribution >= 0.6 is 0 Å². The maximum Gasteiger partial charge on any atom is 0.261 e. The van der Waals surface area contributed by atoms with Gasteiger partial charge in [-0.05, 0) is 54.8 Å². The van der Waals surface area contributed by atoms with Crippen molar-refractivity contribution in [2.75, 3.05) is 4.72 Å². The zero-order valence-corrected chi connectivity index (χ0v) is 15.5. The van der Waals surface area contributed by atoms with Gasteiger partial charge < -0.3 is 0 Å². The molecule has 2 aromatic rings. The first kappa shape index (κ1) is 19.0. The SMILES string of the molecule is CCC1(c2ccc(NS(=O)(=O)c3ccc(F)cc3)cc2)CCC(=O)NC1=O. The van der Waals surface area contributed by atoms with Crippen LogP contribution < -0.4 is 10.0 Å². The molecule has 1 saturated heterocycles. The lowest BCUT2D eigenvalue weighted by molar-refractivity contribution is -0.138. The molecule has 0 aliphatic carbocycles. The normalized spacial score (nSPS) is 20.2. The minimum absolute atomic E-state index is 0.0526. The fourth-order valence-corrected chi connectivity index (χ4v) is 4.31. The van der Waals surface area contributed by atoms with Crippen LogP contribution in [0.5, 0.6) is 0 Å². The highest BCUT2D eigenvalue weighted by molar-refractivity contribution is 7.92. The topological polar surface area (TPSA) is 92.3 Å². The molecule has 8 heteroatoms. The zero-order valence-electron chi connectivity index (χ0n) is 14.7. The second-order valence-electron chi connectivity index (χ2n) is 6.45. The van der Waals surface area contributed by atoms with Gasteiger partial charge >= 0.3 is 0 Å². The largest absolute Gasteiger partial charge is 0.296 e. The predicted octanol–water partition coefficient (Wildman–Crippen LogP) is 2.71. The summed E-state index contributed by atoms with van der Waals surface area (Å²) in [5.41, 5.74) is 0.240. The Morgan fingerprint density at radius 1 is 1.07 bits per heavy atom. The summed E-state index contributed by atoms with van der Waals surface area (Å²) in [6.45, 7) is 1.88. The second kappa shape index (κ2) is 7.11. The molecule has 2 N–H and O–H groups in total. The van der Waals surface area contributed by atoms with E-state index in [4.69, 9.17) is 0 Å². The highest BCUT2D eigenvalue weighted by Crippen LogP contribution is 2.36. The van der Waals surface area contributed by atoms with Crippen molar-refractivity contribution in [3.8, 4) is 0 Å². The highest BCUT2D eigenvalue weighted by atomic mass is 32.2. The molecule has 1 atom stereocenters. The maximum absolute atomic E-state index is 13.0. The molecule has 1 fully saturated rings. The molecule has 2 amide bonds. The number of imide groups is 1. The van der Waals surface area contributed by atoms with Crippen LogP contribution in [0.2, 0.25) is 0 Å². The molecule has 1 heterocycles. The van der Waals surface area contributed by atoms with E-state index in [9.17, 15) is 22.4 Å². The fourth-order valence-electron chi connectivity index (χ4n) is 3.25. The lowest BCUT2D eigenvalue weighted by Gasteiger charge is -2.35. The van der Waals surface area contributed by atoms with E-state index in [1.165, 1.54) is 12.1 Å². The van der Waals surface area contributed by atoms with Crippen LogP contribution in [0.1, 0.15) is 31.7 Å². The van der Waals surface area contributed by atoms with Gasteiger partial charge in [0.25, 0.3) is 10.0 Å². The van der Waals surface area contributed by atoms with Crippen LogP contribution in [-0.4, -0.2) is 20.2 Å². The predicted molar refractivity (Wildman–Crippen MR) is 98.0 cm³/mol. The van der Waals surface area contributed by atoms with E-state index in [1.807, 2.05) is 6.92 Å². The average Bonchev–Trinajstić information content (AvgIpc) is 2.63. The molecule has 0 aromatic heterocycles. The first-order chi connectivity index (χ1) is 12.8. The van der Waals surface area contributed by atoms with Crippen LogP contribution in [0.3, 0.4) is 0 Å². The van der Waals surface area contributed by atoms with E-state index in [2.05, 4.69) is 10.0 Å². The summed E-state index contributed by atoms with van der Waals surface area (Å²) in [6, 6.07) is 11.0. The molecular formula is C19H19FN2O4S. The summed E-state index contributed by atoms with van der Waals surface area (Å²) in [5, 5.41) is 2.38. The van der Waals surface area contributed by atoms with Crippen LogP contribution in [-0.2, 0) is 25.0 Å². The smallest absolute Gasteiger partial charge is 0.261 e. The van der Waals surface area contributed by atoms with E-state index >= 15 is 0 Å². The Labute approximate surface area is 156 Å². The van der Waals surface area contributed by atoms with E-state index in [0.29, 0.717) is 18.5 Å². The van der Waals surface area contributed by atoms with Crippen molar-refractivity contribution in [3.05, 3.63) is 59.9 Å².